The van der Waals surface area contributed by atoms with Crippen LogP contribution >= 0.6 is 0 Å². The third-order valence-corrected chi connectivity index (χ3v) is 3.71. The maximum absolute atomic E-state index is 5.99. The zero-order valence-corrected chi connectivity index (χ0v) is 12.9. The Balaban J connectivity index is 1.96. The minimum absolute atomic E-state index is 0.234. The molecule has 1 aliphatic heterocycles. The Morgan fingerprint density at radius 3 is 3.00 bits per heavy atom. The molecule has 0 aliphatic carbocycles. The van der Waals surface area contributed by atoms with Crippen LogP contribution in [0.5, 0.6) is 0 Å². The summed E-state index contributed by atoms with van der Waals surface area (Å²) in [6.07, 6.45) is 4.28. The van der Waals surface area contributed by atoms with Gasteiger partial charge in [-0.05, 0) is 19.5 Å². The molecule has 2 heterocycles. The lowest BCUT2D eigenvalue weighted by Gasteiger charge is -2.37. The van der Waals surface area contributed by atoms with Crippen LogP contribution in [0.1, 0.15) is 26.0 Å². The van der Waals surface area contributed by atoms with Crippen molar-refractivity contribution in [2.24, 2.45) is 7.05 Å². The second-order valence-corrected chi connectivity index (χ2v) is 5.46. The van der Waals surface area contributed by atoms with Gasteiger partial charge in [0.1, 0.15) is 0 Å². The van der Waals surface area contributed by atoms with Crippen LogP contribution in [0.25, 0.3) is 0 Å². The molecule has 114 valence electrons. The zero-order valence-electron chi connectivity index (χ0n) is 12.9. The summed E-state index contributed by atoms with van der Waals surface area (Å²) in [5.74, 6) is 0. The van der Waals surface area contributed by atoms with Crippen molar-refractivity contribution >= 4 is 0 Å². The van der Waals surface area contributed by atoms with Crippen LogP contribution in [-0.2, 0) is 18.2 Å². The largest absolute Gasteiger partial charge is 0.374 e. The van der Waals surface area contributed by atoms with Gasteiger partial charge in [-0.25, -0.2) is 0 Å². The minimum Gasteiger partial charge on any atom is -0.374 e. The SMILES string of the molecule is CCCN1CCOC(C(Cc2cn(C)nn2)NCC)C1. The Morgan fingerprint density at radius 1 is 1.50 bits per heavy atom. The first kappa shape index (κ1) is 15.4. The molecule has 2 unspecified atom stereocenters. The van der Waals surface area contributed by atoms with E-state index in [1.807, 2.05) is 13.2 Å². The molecule has 0 amide bonds. The zero-order chi connectivity index (χ0) is 14.4. The quantitative estimate of drug-likeness (QED) is 0.786. The molecule has 1 N–H and O–H groups in total. The minimum atomic E-state index is 0.234. The van der Waals surface area contributed by atoms with Crippen molar-refractivity contribution in [2.45, 2.75) is 38.8 Å². The van der Waals surface area contributed by atoms with Crippen molar-refractivity contribution in [3.8, 4) is 0 Å². The highest BCUT2D eigenvalue weighted by molar-refractivity contribution is 4.98. The standard InChI is InChI=1S/C14H27N5O/c1-4-6-19-7-8-20-14(11-19)13(15-5-2)9-12-10-18(3)17-16-12/h10,13-15H,4-9,11H2,1-3H3. The molecule has 0 spiro atoms. The van der Waals surface area contributed by atoms with Gasteiger partial charge in [0.05, 0.1) is 18.4 Å². The van der Waals surface area contributed by atoms with Crippen molar-refractivity contribution in [2.75, 3.05) is 32.8 Å². The maximum Gasteiger partial charge on any atom is 0.0859 e. The number of aryl methyl sites for hydroxylation is 1. The van der Waals surface area contributed by atoms with E-state index < -0.39 is 0 Å². The van der Waals surface area contributed by atoms with Crippen LogP contribution in [0, 0.1) is 0 Å². The summed E-state index contributed by atoms with van der Waals surface area (Å²) in [6, 6.07) is 0.302. The summed E-state index contributed by atoms with van der Waals surface area (Å²) in [5.41, 5.74) is 1.02. The Kier molecular flexibility index (Phi) is 5.94. The van der Waals surface area contributed by atoms with Crippen molar-refractivity contribution < 1.29 is 4.74 Å². The summed E-state index contributed by atoms with van der Waals surface area (Å²) < 4.78 is 7.74. The van der Waals surface area contributed by atoms with E-state index in [0.29, 0.717) is 6.04 Å². The molecule has 0 bridgehead atoms. The molecule has 2 rings (SSSR count). The van der Waals surface area contributed by atoms with Gasteiger partial charge in [0.25, 0.3) is 0 Å². The molecule has 1 aromatic heterocycles. The lowest BCUT2D eigenvalue weighted by Crippen LogP contribution is -2.53. The molecule has 6 heteroatoms. The fraction of sp³-hybridized carbons (Fsp3) is 0.857. The average Bonchev–Trinajstić information content (AvgIpc) is 2.84. The highest BCUT2D eigenvalue weighted by atomic mass is 16.5. The van der Waals surface area contributed by atoms with E-state index >= 15 is 0 Å². The highest BCUT2D eigenvalue weighted by Crippen LogP contribution is 2.13. The molecule has 6 nitrogen and oxygen atoms in total. The summed E-state index contributed by atoms with van der Waals surface area (Å²) in [4.78, 5) is 2.50. The molecule has 0 aromatic carbocycles. The Morgan fingerprint density at radius 2 is 2.35 bits per heavy atom. The normalized spacial score (nSPS) is 22.1. The number of hydrogen-bond acceptors (Lipinski definition) is 5. The maximum atomic E-state index is 5.99. The van der Waals surface area contributed by atoms with Gasteiger partial charge in [0.15, 0.2) is 0 Å². The second kappa shape index (κ2) is 7.71. The van der Waals surface area contributed by atoms with Crippen LogP contribution in [0.15, 0.2) is 6.20 Å². The average molecular weight is 281 g/mol. The van der Waals surface area contributed by atoms with Gasteiger partial charge in [-0.3, -0.25) is 9.58 Å². The number of likely N-dealkylation sites (N-methyl/N-ethyl adjacent to an activating group) is 1. The number of hydrogen-bond donors (Lipinski definition) is 1. The van der Waals surface area contributed by atoms with Crippen LogP contribution in [-0.4, -0.2) is 64.8 Å². The Hall–Kier alpha value is -0.980. The number of ether oxygens (including phenoxy) is 1. The van der Waals surface area contributed by atoms with E-state index in [2.05, 4.69) is 34.4 Å². The predicted molar refractivity (Wildman–Crippen MR) is 78.6 cm³/mol. The van der Waals surface area contributed by atoms with Crippen molar-refractivity contribution in [3.05, 3.63) is 11.9 Å². The molecular formula is C14H27N5O. The monoisotopic (exact) mass is 281 g/mol. The molecule has 1 saturated heterocycles. The summed E-state index contributed by atoms with van der Waals surface area (Å²) in [5, 5.41) is 11.7. The van der Waals surface area contributed by atoms with E-state index in [9.17, 15) is 0 Å². The van der Waals surface area contributed by atoms with Gasteiger partial charge in [-0.15, -0.1) is 5.10 Å². The molecule has 0 saturated carbocycles. The van der Waals surface area contributed by atoms with Crippen LogP contribution in [0.2, 0.25) is 0 Å². The van der Waals surface area contributed by atoms with Crippen molar-refractivity contribution in [3.63, 3.8) is 0 Å². The second-order valence-electron chi connectivity index (χ2n) is 5.46. The van der Waals surface area contributed by atoms with E-state index in [4.69, 9.17) is 4.74 Å². The lowest BCUT2D eigenvalue weighted by molar-refractivity contribution is -0.0461. The van der Waals surface area contributed by atoms with Gasteiger partial charge in [-0.1, -0.05) is 19.1 Å². The van der Waals surface area contributed by atoms with Gasteiger partial charge >= 0.3 is 0 Å². The fourth-order valence-electron chi connectivity index (χ4n) is 2.81. The van der Waals surface area contributed by atoms with Crippen molar-refractivity contribution in [1.29, 1.82) is 0 Å². The lowest BCUT2D eigenvalue weighted by atomic mass is 10.0. The molecule has 1 aliphatic rings. The van der Waals surface area contributed by atoms with E-state index in [1.54, 1.807) is 4.68 Å². The third kappa shape index (κ3) is 4.26. The smallest absolute Gasteiger partial charge is 0.0859 e. The number of nitrogens with zero attached hydrogens (tertiary/aromatic N) is 4. The first-order valence-electron chi connectivity index (χ1n) is 7.65. The number of aromatic nitrogens is 3. The van der Waals surface area contributed by atoms with Crippen LogP contribution < -0.4 is 5.32 Å². The summed E-state index contributed by atoms with van der Waals surface area (Å²) in [7, 11) is 1.90. The summed E-state index contributed by atoms with van der Waals surface area (Å²) in [6.45, 7) is 9.34. The van der Waals surface area contributed by atoms with Gasteiger partial charge in [0, 0.05) is 38.8 Å². The Bertz CT molecular complexity index is 393. The van der Waals surface area contributed by atoms with Crippen LogP contribution in [0.4, 0.5) is 0 Å². The summed E-state index contributed by atoms with van der Waals surface area (Å²) >= 11 is 0. The van der Waals surface area contributed by atoms with E-state index in [-0.39, 0.29) is 6.10 Å². The molecule has 0 radical (unpaired) electrons. The predicted octanol–water partition coefficient (Wildman–Crippen LogP) is 0.447. The molecule has 20 heavy (non-hydrogen) atoms. The fourth-order valence-corrected chi connectivity index (χ4v) is 2.81. The highest BCUT2D eigenvalue weighted by Gasteiger charge is 2.28. The van der Waals surface area contributed by atoms with Crippen molar-refractivity contribution in [1.82, 2.24) is 25.2 Å². The first-order valence-corrected chi connectivity index (χ1v) is 7.65. The first-order chi connectivity index (χ1) is 9.72. The Labute approximate surface area is 121 Å². The van der Waals surface area contributed by atoms with Gasteiger partial charge < -0.3 is 10.1 Å². The van der Waals surface area contributed by atoms with Gasteiger partial charge in [-0.2, -0.15) is 0 Å². The number of morpholine rings is 1. The van der Waals surface area contributed by atoms with Crippen LogP contribution in [0.3, 0.4) is 0 Å². The molecule has 2 atom stereocenters. The number of nitrogens with one attached hydrogen (secondary N) is 1. The number of rotatable bonds is 7. The van der Waals surface area contributed by atoms with Gasteiger partial charge in [0.2, 0.25) is 0 Å². The van der Waals surface area contributed by atoms with E-state index in [1.165, 1.54) is 6.42 Å². The molecular weight excluding hydrogens is 254 g/mol. The third-order valence-electron chi connectivity index (χ3n) is 3.71. The molecule has 1 aromatic rings. The van der Waals surface area contributed by atoms with E-state index in [0.717, 1.165) is 44.9 Å². The topological polar surface area (TPSA) is 55.2 Å². The molecule has 1 fully saturated rings.